The quantitative estimate of drug-likeness (QED) is 0.584. The van der Waals surface area contributed by atoms with Gasteiger partial charge in [0.25, 0.3) is 5.91 Å². The molecule has 3 rings (SSSR count). The molecule has 2 aromatic rings. The summed E-state index contributed by atoms with van der Waals surface area (Å²) < 4.78 is 0. The van der Waals surface area contributed by atoms with Crippen LogP contribution in [0.25, 0.3) is 0 Å². The fourth-order valence-electron chi connectivity index (χ4n) is 3.08. The molecule has 1 heterocycles. The van der Waals surface area contributed by atoms with Gasteiger partial charge in [-0.25, -0.2) is 5.01 Å². The number of hydrogen-bond donors (Lipinski definition) is 0. The molecule has 0 saturated heterocycles. The summed E-state index contributed by atoms with van der Waals surface area (Å²) in [4.78, 5) is 24.8. The van der Waals surface area contributed by atoms with E-state index in [4.69, 9.17) is 23.2 Å². The highest BCUT2D eigenvalue weighted by Gasteiger charge is 2.28. The van der Waals surface area contributed by atoms with E-state index < -0.39 is 0 Å². The van der Waals surface area contributed by atoms with Crippen LogP contribution in [0.1, 0.15) is 50.3 Å². The van der Waals surface area contributed by atoms with Gasteiger partial charge in [0.1, 0.15) is 5.78 Å². The second kappa shape index (κ2) is 8.29. The maximum absolute atomic E-state index is 12.6. The maximum atomic E-state index is 12.6. The molecule has 6 heteroatoms. The molecule has 4 nitrogen and oxygen atoms in total. The van der Waals surface area contributed by atoms with Crippen molar-refractivity contribution in [1.29, 1.82) is 0 Å². The van der Waals surface area contributed by atoms with Crippen molar-refractivity contribution in [3.63, 3.8) is 0 Å². The van der Waals surface area contributed by atoms with E-state index in [0.29, 0.717) is 34.3 Å². The smallest absolute Gasteiger partial charge is 0.253 e. The summed E-state index contributed by atoms with van der Waals surface area (Å²) in [7, 11) is 0. The van der Waals surface area contributed by atoms with E-state index in [9.17, 15) is 9.59 Å². The third-order valence-electron chi connectivity index (χ3n) is 4.99. The van der Waals surface area contributed by atoms with Crippen LogP contribution in [-0.4, -0.2) is 17.4 Å². The van der Waals surface area contributed by atoms with Crippen LogP contribution in [0.3, 0.4) is 0 Å². The molecule has 2 aromatic carbocycles. The minimum absolute atomic E-state index is 0.135. The van der Waals surface area contributed by atoms with Crippen LogP contribution < -0.4 is 5.01 Å². The number of benzene rings is 2. The Bertz CT molecular complexity index is 1010. The number of amides is 1. The fourth-order valence-corrected chi connectivity index (χ4v) is 3.48. The van der Waals surface area contributed by atoms with Crippen LogP contribution in [0.15, 0.2) is 41.5 Å². The van der Waals surface area contributed by atoms with Crippen LogP contribution in [-0.2, 0) is 16.0 Å². The first kappa shape index (κ1) is 21.5. The highest BCUT2D eigenvalue weighted by atomic mass is 35.5. The topological polar surface area (TPSA) is 49.7 Å². The van der Waals surface area contributed by atoms with Gasteiger partial charge < -0.3 is 0 Å². The molecule has 0 unspecified atom stereocenters. The first-order chi connectivity index (χ1) is 13.6. The van der Waals surface area contributed by atoms with E-state index in [2.05, 4.69) is 5.10 Å². The Morgan fingerprint density at radius 3 is 2.48 bits per heavy atom. The van der Waals surface area contributed by atoms with Gasteiger partial charge in [-0.2, -0.15) is 5.10 Å². The Morgan fingerprint density at radius 2 is 1.83 bits per heavy atom. The molecule has 0 spiro atoms. The number of rotatable bonds is 5. The predicted octanol–water partition coefficient (Wildman–Crippen LogP) is 5.99. The van der Waals surface area contributed by atoms with Gasteiger partial charge >= 0.3 is 0 Å². The van der Waals surface area contributed by atoms with Crippen molar-refractivity contribution in [2.45, 2.75) is 47.0 Å². The second-order valence-electron chi connectivity index (χ2n) is 8.35. The van der Waals surface area contributed by atoms with Crippen molar-refractivity contribution in [3.05, 3.63) is 63.1 Å². The van der Waals surface area contributed by atoms with Gasteiger partial charge in [-0.3, -0.25) is 9.59 Å². The summed E-state index contributed by atoms with van der Waals surface area (Å²) in [5.41, 5.74) is 3.54. The number of hydrogen-bond acceptors (Lipinski definition) is 3. The Labute approximate surface area is 181 Å². The van der Waals surface area contributed by atoms with E-state index in [0.717, 1.165) is 16.7 Å². The van der Waals surface area contributed by atoms with Gasteiger partial charge in [0.15, 0.2) is 0 Å². The molecule has 0 atom stereocenters. The molecule has 0 aliphatic carbocycles. The molecule has 1 amide bonds. The molecule has 0 aromatic heterocycles. The average Bonchev–Trinajstić information content (AvgIpc) is 3.03. The minimum atomic E-state index is -0.354. The fraction of sp³-hybridized carbons (Fsp3) is 0.348. The van der Waals surface area contributed by atoms with Crippen LogP contribution in [0.4, 0.5) is 5.69 Å². The summed E-state index contributed by atoms with van der Waals surface area (Å²) in [6.07, 6.45) is 1.25. The van der Waals surface area contributed by atoms with E-state index in [1.54, 1.807) is 12.1 Å². The maximum Gasteiger partial charge on any atom is 0.253 e. The molecule has 29 heavy (non-hydrogen) atoms. The zero-order valence-electron chi connectivity index (χ0n) is 17.1. The predicted molar refractivity (Wildman–Crippen MR) is 119 cm³/mol. The second-order valence-corrected chi connectivity index (χ2v) is 9.16. The number of anilines is 1. The Balaban J connectivity index is 1.85. The molecule has 0 saturated carbocycles. The van der Waals surface area contributed by atoms with Gasteiger partial charge in [-0.15, -0.1) is 0 Å². The molecule has 0 N–H and O–H groups in total. The largest absolute Gasteiger partial charge is 0.299 e. The first-order valence-electron chi connectivity index (χ1n) is 9.55. The normalized spacial score (nSPS) is 14.3. The molecule has 0 radical (unpaired) electrons. The van der Waals surface area contributed by atoms with Crippen molar-refractivity contribution in [2.75, 3.05) is 5.01 Å². The van der Waals surface area contributed by atoms with E-state index in [-0.39, 0.29) is 23.5 Å². The molecule has 0 bridgehead atoms. The van der Waals surface area contributed by atoms with Crippen molar-refractivity contribution in [2.24, 2.45) is 10.5 Å². The number of carbonyl (C=O) groups is 2. The number of Topliss-reactive ketones (excluding diaryl/α,β-unsaturated/α-hetero) is 1. The van der Waals surface area contributed by atoms with Crippen LogP contribution in [0, 0.1) is 12.3 Å². The van der Waals surface area contributed by atoms with Gasteiger partial charge in [-0.05, 0) is 48.7 Å². The third-order valence-corrected chi connectivity index (χ3v) is 5.73. The number of carbonyl (C=O) groups excluding carboxylic acids is 2. The van der Waals surface area contributed by atoms with Crippen LogP contribution in [0.5, 0.6) is 0 Å². The van der Waals surface area contributed by atoms with E-state index in [1.165, 1.54) is 5.01 Å². The lowest BCUT2D eigenvalue weighted by Gasteiger charge is -2.16. The Hall–Kier alpha value is -2.17. The standard InChI is InChI=1S/C23H24Cl2N2O2/c1-14-5-8-16(12-19(14)25)27-22(29)13-20(26-27)17-11-15(6-9-18(17)24)7-10-21(28)23(2,3)4/h5-6,8-9,11-12H,7,10,13H2,1-4H3. The van der Waals surface area contributed by atoms with Gasteiger partial charge in [0.05, 0.1) is 17.8 Å². The van der Waals surface area contributed by atoms with Crippen molar-refractivity contribution < 1.29 is 9.59 Å². The highest BCUT2D eigenvalue weighted by Crippen LogP contribution is 2.30. The minimum Gasteiger partial charge on any atom is -0.299 e. The molecule has 152 valence electrons. The molecular weight excluding hydrogens is 407 g/mol. The molecular formula is C23H24Cl2N2O2. The number of hydrazone groups is 1. The lowest BCUT2D eigenvalue weighted by molar-refractivity contribution is -0.126. The summed E-state index contributed by atoms with van der Waals surface area (Å²) in [6.45, 7) is 7.68. The van der Waals surface area contributed by atoms with Crippen LogP contribution in [0.2, 0.25) is 10.0 Å². The number of ketones is 1. The zero-order chi connectivity index (χ0) is 21.3. The summed E-state index contributed by atoms with van der Waals surface area (Å²) >= 11 is 12.6. The highest BCUT2D eigenvalue weighted by molar-refractivity contribution is 6.35. The lowest BCUT2D eigenvalue weighted by atomic mass is 9.87. The summed E-state index contributed by atoms with van der Waals surface area (Å²) in [5, 5.41) is 6.99. The Morgan fingerprint density at radius 1 is 1.10 bits per heavy atom. The third kappa shape index (κ3) is 4.88. The SMILES string of the molecule is Cc1ccc(N2N=C(c3cc(CCC(=O)C(C)(C)C)ccc3Cl)CC2=O)cc1Cl. The summed E-state index contributed by atoms with van der Waals surface area (Å²) in [5.74, 6) is 0.0779. The number of nitrogens with zero attached hydrogens (tertiary/aromatic N) is 2. The van der Waals surface area contributed by atoms with E-state index in [1.807, 2.05) is 52.0 Å². The zero-order valence-corrected chi connectivity index (χ0v) is 18.6. The number of aryl methyl sites for hydroxylation is 2. The molecule has 0 fully saturated rings. The van der Waals surface area contributed by atoms with Crippen molar-refractivity contribution in [1.82, 2.24) is 0 Å². The monoisotopic (exact) mass is 430 g/mol. The Kier molecular flexibility index (Phi) is 6.16. The van der Waals surface area contributed by atoms with Crippen molar-refractivity contribution in [3.8, 4) is 0 Å². The average molecular weight is 431 g/mol. The van der Waals surface area contributed by atoms with Gasteiger partial charge in [-0.1, -0.05) is 56.1 Å². The van der Waals surface area contributed by atoms with Gasteiger partial charge in [0, 0.05) is 27.4 Å². The lowest BCUT2D eigenvalue weighted by Crippen LogP contribution is -2.20. The number of halogens is 2. The first-order valence-corrected chi connectivity index (χ1v) is 10.3. The van der Waals surface area contributed by atoms with Gasteiger partial charge in [0.2, 0.25) is 0 Å². The van der Waals surface area contributed by atoms with Crippen molar-refractivity contribution >= 4 is 46.3 Å². The van der Waals surface area contributed by atoms with E-state index >= 15 is 0 Å². The van der Waals surface area contributed by atoms with Crippen LogP contribution >= 0.6 is 23.2 Å². The molecule has 1 aliphatic heterocycles. The molecule has 1 aliphatic rings. The summed E-state index contributed by atoms with van der Waals surface area (Å²) in [6, 6.07) is 11.1.